The molecule has 0 aliphatic carbocycles. The normalized spacial score (nSPS) is 19.7. The second kappa shape index (κ2) is 6.98. The number of ether oxygens (including phenoxy) is 2. The molecule has 1 atom stereocenters. The van der Waals surface area contributed by atoms with E-state index in [-0.39, 0.29) is 5.75 Å². The van der Waals surface area contributed by atoms with E-state index in [0.29, 0.717) is 17.9 Å². The maximum Gasteiger partial charge on any atom is 0.372 e. The Bertz CT molecular complexity index is 596. The van der Waals surface area contributed by atoms with E-state index in [1.165, 1.54) is 14.2 Å². The number of methoxy groups -OCH3 is 2. The van der Waals surface area contributed by atoms with Crippen molar-refractivity contribution in [2.24, 2.45) is 0 Å². The Labute approximate surface area is 128 Å². The number of allylic oxidation sites excluding steroid dienone is 1. The van der Waals surface area contributed by atoms with E-state index in [1.807, 2.05) is 10.7 Å². The molecule has 2 N–H and O–H groups in total. The van der Waals surface area contributed by atoms with E-state index in [2.05, 4.69) is 0 Å². The molecule has 0 unspecified atom stereocenters. The first kappa shape index (κ1) is 15.9. The summed E-state index contributed by atoms with van der Waals surface area (Å²) in [6, 6.07) is 2.91. The van der Waals surface area contributed by atoms with Gasteiger partial charge in [-0.15, -0.1) is 0 Å². The van der Waals surface area contributed by atoms with Crippen LogP contribution in [0.3, 0.4) is 0 Å². The van der Waals surface area contributed by atoms with Crippen molar-refractivity contribution in [3.63, 3.8) is 0 Å². The van der Waals surface area contributed by atoms with Gasteiger partial charge in [-0.2, -0.15) is 0 Å². The summed E-state index contributed by atoms with van der Waals surface area (Å²) in [5, 5.41) is 19.0. The maximum absolute atomic E-state index is 11.1. The molecule has 1 aliphatic rings. The lowest BCUT2D eigenvalue weighted by Gasteiger charge is -2.09. The van der Waals surface area contributed by atoms with Crippen LogP contribution in [0.1, 0.15) is 18.4 Å². The SMILES string of the molecule is COc1cc(/C=C/C=[N+]2CCC[C@H]2C(=O)O)cc(OC)c1O. The van der Waals surface area contributed by atoms with Crippen LogP contribution in [0.25, 0.3) is 6.08 Å². The average Bonchev–Trinajstić information content (AvgIpc) is 2.97. The number of hydrogen-bond donors (Lipinski definition) is 2. The van der Waals surface area contributed by atoms with Crippen molar-refractivity contribution in [1.29, 1.82) is 0 Å². The van der Waals surface area contributed by atoms with E-state index in [0.717, 1.165) is 18.5 Å². The summed E-state index contributed by atoms with van der Waals surface area (Å²) in [5.41, 5.74) is 0.786. The predicted octanol–water partition coefficient (Wildman–Crippen LogP) is 1.75. The summed E-state index contributed by atoms with van der Waals surface area (Å²) in [7, 11) is 2.94. The number of benzene rings is 1. The topological polar surface area (TPSA) is 79.0 Å². The lowest BCUT2D eigenvalue weighted by Crippen LogP contribution is -2.28. The fourth-order valence-electron chi connectivity index (χ4n) is 2.51. The zero-order chi connectivity index (χ0) is 16.1. The quantitative estimate of drug-likeness (QED) is 0.810. The van der Waals surface area contributed by atoms with E-state index >= 15 is 0 Å². The van der Waals surface area contributed by atoms with Crippen LogP contribution >= 0.6 is 0 Å². The Balaban J connectivity index is 2.21. The summed E-state index contributed by atoms with van der Waals surface area (Å²) < 4.78 is 12.0. The minimum Gasteiger partial charge on any atom is -0.502 e. The first-order chi connectivity index (χ1) is 10.6. The third-order valence-electron chi connectivity index (χ3n) is 3.65. The maximum atomic E-state index is 11.1. The number of phenolic OH excluding ortho intramolecular Hbond substituents is 1. The van der Waals surface area contributed by atoms with Crippen LogP contribution in [0, 0.1) is 0 Å². The zero-order valence-corrected chi connectivity index (χ0v) is 12.7. The highest BCUT2D eigenvalue weighted by Crippen LogP contribution is 2.37. The summed E-state index contributed by atoms with van der Waals surface area (Å²) in [4.78, 5) is 11.1. The lowest BCUT2D eigenvalue weighted by atomic mass is 10.1. The number of carbonyl (C=O) groups is 1. The van der Waals surface area contributed by atoms with Gasteiger partial charge in [-0.05, 0) is 23.8 Å². The van der Waals surface area contributed by atoms with E-state index < -0.39 is 12.0 Å². The van der Waals surface area contributed by atoms with Crippen molar-refractivity contribution in [2.45, 2.75) is 18.9 Å². The molecule has 118 valence electrons. The van der Waals surface area contributed by atoms with Crippen LogP contribution in [-0.4, -0.2) is 53.8 Å². The van der Waals surface area contributed by atoms with Crippen LogP contribution in [-0.2, 0) is 4.79 Å². The van der Waals surface area contributed by atoms with Crippen molar-refractivity contribution in [3.8, 4) is 17.2 Å². The minimum absolute atomic E-state index is 0.0448. The molecule has 0 spiro atoms. The van der Waals surface area contributed by atoms with Crippen LogP contribution in [0.4, 0.5) is 0 Å². The smallest absolute Gasteiger partial charge is 0.372 e. The largest absolute Gasteiger partial charge is 0.502 e. The highest BCUT2D eigenvalue weighted by molar-refractivity contribution is 5.78. The number of phenols is 1. The van der Waals surface area contributed by atoms with Gasteiger partial charge in [-0.25, -0.2) is 9.37 Å². The van der Waals surface area contributed by atoms with E-state index in [9.17, 15) is 9.90 Å². The van der Waals surface area contributed by atoms with Gasteiger partial charge in [-0.1, -0.05) is 0 Å². The fourth-order valence-corrected chi connectivity index (χ4v) is 2.51. The molecule has 0 saturated carbocycles. The summed E-state index contributed by atoms with van der Waals surface area (Å²) in [6.45, 7) is 0.740. The third-order valence-corrected chi connectivity index (χ3v) is 3.65. The number of rotatable bonds is 5. The highest BCUT2D eigenvalue weighted by Gasteiger charge is 2.33. The van der Waals surface area contributed by atoms with Crippen LogP contribution in [0.2, 0.25) is 0 Å². The Hall–Kier alpha value is -2.50. The molecular weight excluding hydrogens is 286 g/mol. The molecule has 0 amide bonds. The molecule has 2 rings (SSSR count). The number of hydrogen-bond acceptors (Lipinski definition) is 4. The summed E-state index contributed by atoms with van der Waals surface area (Å²) >= 11 is 0. The Morgan fingerprint density at radius 1 is 1.32 bits per heavy atom. The van der Waals surface area contributed by atoms with Crippen LogP contribution in [0.15, 0.2) is 18.2 Å². The van der Waals surface area contributed by atoms with Gasteiger partial charge >= 0.3 is 5.97 Å². The second-order valence-electron chi connectivity index (χ2n) is 5.02. The van der Waals surface area contributed by atoms with Crippen molar-refractivity contribution < 1.29 is 29.1 Å². The van der Waals surface area contributed by atoms with Crippen molar-refractivity contribution in [1.82, 2.24) is 0 Å². The molecule has 1 saturated heterocycles. The van der Waals surface area contributed by atoms with Gasteiger partial charge in [0.15, 0.2) is 17.7 Å². The lowest BCUT2D eigenvalue weighted by molar-refractivity contribution is -0.527. The standard InChI is InChI=1S/C16H19NO5/c1-21-13-9-11(10-14(22-2)15(13)18)5-3-7-17-8-4-6-12(17)16(19)20/h3,5,7,9-10,12H,4,6,8H2,1-2H3,(H,19,20)/p+1/t12-/m0/s1. The van der Waals surface area contributed by atoms with Gasteiger partial charge in [0.05, 0.1) is 14.2 Å². The number of carboxylic acid groups (broad SMARTS) is 1. The first-order valence-corrected chi connectivity index (χ1v) is 7.02. The van der Waals surface area contributed by atoms with Gasteiger partial charge in [0, 0.05) is 18.9 Å². The van der Waals surface area contributed by atoms with Crippen LogP contribution in [0.5, 0.6) is 17.2 Å². The van der Waals surface area contributed by atoms with Crippen molar-refractivity contribution in [3.05, 3.63) is 23.8 Å². The molecule has 1 aliphatic heterocycles. The zero-order valence-electron chi connectivity index (χ0n) is 12.7. The number of nitrogens with zero attached hydrogens (tertiary/aromatic N) is 1. The van der Waals surface area contributed by atoms with E-state index in [1.54, 1.807) is 24.4 Å². The third kappa shape index (κ3) is 3.39. The van der Waals surface area contributed by atoms with Crippen molar-refractivity contribution in [2.75, 3.05) is 20.8 Å². The monoisotopic (exact) mass is 306 g/mol. The van der Waals surface area contributed by atoms with Crippen LogP contribution < -0.4 is 9.47 Å². The van der Waals surface area contributed by atoms with Gasteiger partial charge in [0.25, 0.3) is 0 Å². The molecule has 22 heavy (non-hydrogen) atoms. The average molecular weight is 306 g/mol. The number of carboxylic acids is 1. The molecular formula is C16H20NO5+. The molecule has 6 nitrogen and oxygen atoms in total. The predicted molar refractivity (Wildman–Crippen MR) is 82.1 cm³/mol. The minimum atomic E-state index is -0.796. The van der Waals surface area contributed by atoms with Gasteiger partial charge < -0.3 is 19.7 Å². The molecule has 6 heteroatoms. The first-order valence-electron chi connectivity index (χ1n) is 7.02. The molecule has 0 bridgehead atoms. The Kier molecular flexibility index (Phi) is 5.04. The molecule has 1 fully saturated rings. The molecule has 0 radical (unpaired) electrons. The van der Waals surface area contributed by atoms with E-state index in [4.69, 9.17) is 14.6 Å². The highest BCUT2D eigenvalue weighted by atomic mass is 16.5. The van der Waals surface area contributed by atoms with Gasteiger partial charge in [0.1, 0.15) is 6.54 Å². The Morgan fingerprint density at radius 3 is 2.50 bits per heavy atom. The molecule has 1 aromatic carbocycles. The van der Waals surface area contributed by atoms with Gasteiger partial charge in [-0.3, -0.25) is 0 Å². The van der Waals surface area contributed by atoms with Gasteiger partial charge in [0.2, 0.25) is 11.8 Å². The number of aromatic hydroxyl groups is 1. The summed E-state index contributed by atoms with van der Waals surface area (Å²) in [6.07, 6.45) is 6.91. The summed E-state index contributed by atoms with van der Waals surface area (Å²) in [5.74, 6) is -0.195. The van der Waals surface area contributed by atoms with Crippen molar-refractivity contribution >= 4 is 18.3 Å². The second-order valence-corrected chi connectivity index (χ2v) is 5.02. The molecule has 1 heterocycles. The Morgan fingerprint density at radius 2 is 1.95 bits per heavy atom. The molecule has 1 aromatic rings. The molecule has 0 aromatic heterocycles. The fraction of sp³-hybridized carbons (Fsp3) is 0.375. The number of aliphatic carboxylic acids is 1.